The Balaban J connectivity index is 1.79. The molecule has 2 aromatic carbocycles. The molecular formula is C19H20ClN3O5S. The first kappa shape index (κ1) is 21.1. The molecule has 0 spiro atoms. The minimum atomic E-state index is -4.07. The van der Waals surface area contributed by atoms with E-state index in [2.05, 4.69) is 10.6 Å². The fourth-order valence-corrected chi connectivity index (χ4v) is 4.45. The molecule has 0 aliphatic carbocycles. The number of amides is 2. The highest BCUT2D eigenvalue weighted by Crippen LogP contribution is 2.36. The molecule has 0 saturated carbocycles. The Bertz CT molecular complexity index is 1100. The third-order valence-electron chi connectivity index (χ3n) is 4.60. The van der Waals surface area contributed by atoms with Gasteiger partial charge in [0, 0.05) is 18.8 Å². The van der Waals surface area contributed by atoms with Crippen molar-refractivity contribution in [3.8, 4) is 5.75 Å². The summed E-state index contributed by atoms with van der Waals surface area (Å²) in [7, 11) is -2.79. The van der Waals surface area contributed by atoms with E-state index in [9.17, 15) is 18.0 Å². The molecule has 2 aromatic rings. The maximum Gasteiger partial charge on any atom is 0.262 e. The summed E-state index contributed by atoms with van der Waals surface area (Å²) < 4.78 is 32.0. The zero-order valence-electron chi connectivity index (χ0n) is 16.1. The molecule has 10 heteroatoms. The number of hydrogen-bond donors (Lipinski definition) is 2. The molecule has 3 rings (SSSR count). The van der Waals surface area contributed by atoms with E-state index in [0.717, 1.165) is 15.4 Å². The number of carbonyl (C=O) groups is 2. The zero-order chi connectivity index (χ0) is 21.3. The van der Waals surface area contributed by atoms with E-state index in [0.29, 0.717) is 11.4 Å². The van der Waals surface area contributed by atoms with Crippen LogP contribution < -0.4 is 15.4 Å². The predicted octanol–water partition coefficient (Wildman–Crippen LogP) is 2.55. The van der Waals surface area contributed by atoms with Gasteiger partial charge in [0.05, 0.1) is 17.3 Å². The molecule has 0 radical (unpaired) electrons. The summed E-state index contributed by atoms with van der Waals surface area (Å²) in [5.41, 5.74) is 2.83. The Morgan fingerprint density at radius 3 is 2.76 bits per heavy atom. The molecule has 2 amide bonds. The third-order valence-corrected chi connectivity index (χ3v) is 6.87. The van der Waals surface area contributed by atoms with Gasteiger partial charge in [-0.1, -0.05) is 23.7 Å². The van der Waals surface area contributed by atoms with Crippen LogP contribution in [0.3, 0.4) is 0 Å². The molecule has 154 valence electrons. The van der Waals surface area contributed by atoms with Gasteiger partial charge < -0.3 is 15.4 Å². The van der Waals surface area contributed by atoms with E-state index >= 15 is 0 Å². The van der Waals surface area contributed by atoms with Gasteiger partial charge >= 0.3 is 0 Å². The minimum Gasteiger partial charge on any atom is -0.482 e. The van der Waals surface area contributed by atoms with Crippen LogP contribution >= 0.6 is 11.6 Å². The third kappa shape index (κ3) is 4.36. The number of ether oxygens (including phenoxy) is 1. The largest absolute Gasteiger partial charge is 0.482 e. The SMILES string of the molecule is Cc1cccc(NC(=O)CN(C)S(=O)(=O)c2cc3c(cc2Cl)NC(=O)CO3)c1C. The quantitative estimate of drug-likeness (QED) is 0.747. The summed E-state index contributed by atoms with van der Waals surface area (Å²) in [5, 5.41) is 5.19. The van der Waals surface area contributed by atoms with Crippen molar-refractivity contribution in [3.63, 3.8) is 0 Å². The van der Waals surface area contributed by atoms with Crippen LogP contribution in [0.5, 0.6) is 5.75 Å². The molecule has 2 N–H and O–H groups in total. The number of fused-ring (bicyclic) bond motifs is 1. The van der Waals surface area contributed by atoms with Crippen LogP contribution in [0.4, 0.5) is 11.4 Å². The average molecular weight is 438 g/mol. The summed E-state index contributed by atoms with van der Waals surface area (Å²) in [4.78, 5) is 23.6. The number of nitrogens with one attached hydrogen (secondary N) is 2. The van der Waals surface area contributed by atoms with Gasteiger partial charge in [0.1, 0.15) is 10.6 Å². The van der Waals surface area contributed by atoms with Crippen molar-refractivity contribution in [2.45, 2.75) is 18.7 Å². The van der Waals surface area contributed by atoms with Crippen LogP contribution in [0, 0.1) is 13.8 Å². The lowest BCUT2D eigenvalue weighted by atomic mass is 10.1. The maximum atomic E-state index is 12.9. The molecule has 1 aliphatic rings. The minimum absolute atomic E-state index is 0.0867. The fraction of sp³-hybridized carbons (Fsp3) is 0.263. The normalized spacial score (nSPS) is 13.5. The second kappa shape index (κ2) is 8.02. The monoisotopic (exact) mass is 437 g/mol. The molecule has 1 aliphatic heterocycles. The molecule has 8 nitrogen and oxygen atoms in total. The highest BCUT2D eigenvalue weighted by molar-refractivity contribution is 7.89. The molecule has 1 heterocycles. The van der Waals surface area contributed by atoms with Crippen molar-refractivity contribution in [1.82, 2.24) is 4.31 Å². The van der Waals surface area contributed by atoms with Gasteiger partial charge in [-0.05, 0) is 37.1 Å². The number of benzene rings is 2. The lowest BCUT2D eigenvalue weighted by molar-refractivity contribution is -0.118. The van der Waals surface area contributed by atoms with Crippen molar-refractivity contribution >= 4 is 44.8 Å². The molecule has 0 saturated heterocycles. The Morgan fingerprint density at radius 2 is 2.03 bits per heavy atom. The number of sulfonamides is 1. The summed E-state index contributed by atoms with van der Waals surface area (Å²) in [6.07, 6.45) is 0. The van der Waals surface area contributed by atoms with Crippen molar-refractivity contribution in [3.05, 3.63) is 46.5 Å². The van der Waals surface area contributed by atoms with E-state index < -0.39 is 22.5 Å². The first-order valence-electron chi connectivity index (χ1n) is 8.68. The van der Waals surface area contributed by atoms with E-state index in [1.165, 1.54) is 19.2 Å². The Hall–Kier alpha value is -2.62. The van der Waals surface area contributed by atoms with E-state index in [1.807, 2.05) is 26.0 Å². The number of likely N-dealkylation sites (N-methyl/N-ethyl adjacent to an activating group) is 1. The number of anilines is 2. The molecule has 0 atom stereocenters. The van der Waals surface area contributed by atoms with E-state index in [4.69, 9.17) is 16.3 Å². The van der Waals surface area contributed by atoms with Crippen molar-refractivity contribution in [1.29, 1.82) is 0 Å². The van der Waals surface area contributed by atoms with Crippen LogP contribution in [0.25, 0.3) is 0 Å². The summed E-state index contributed by atoms with van der Waals surface area (Å²) >= 11 is 6.13. The number of hydrogen-bond acceptors (Lipinski definition) is 5. The highest BCUT2D eigenvalue weighted by atomic mass is 35.5. The van der Waals surface area contributed by atoms with Crippen LogP contribution in [0.2, 0.25) is 5.02 Å². The maximum absolute atomic E-state index is 12.9. The molecule has 0 bridgehead atoms. The molecule has 29 heavy (non-hydrogen) atoms. The number of aryl methyl sites for hydroxylation is 1. The van der Waals surface area contributed by atoms with Crippen molar-refractivity contribution < 1.29 is 22.7 Å². The first-order chi connectivity index (χ1) is 13.6. The Kier molecular flexibility index (Phi) is 5.83. The van der Waals surface area contributed by atoms with Crippen molar-refractivity contribution in [2.75, 3.05) is 30.8 Å². The smallest absolute Gasteiger partial charge is 0.262 e. The van der Waals surface area contributed by atoms with Crippen LogP contribution in [0.1, 0.15) is 11.1 Å². The predicted molar refractivity (Wildman–Crippen MR) is 110 cm³/mol. The number of nitrogens with zero attached hydrogens (tertiary/aromatic N) is 1. The van der Waals surface area contributed by atoms with Gasteiger partial charge in [0.15, 0.2) is 6.61 Å². The Morgan fingerprint density at radius 1 is 1.31 bits per heavy atom. The van der Waals surface area contributed by atoms with Crippen LogP contribution in [-0.4, -0.2) is 44.7 Å². The summed E-state index contributed by atoms with van der Waals surface area (Å²) in [5.74, 6) is -0.646. The zero-order valence-corrected chi connectivity index (χ0v) is 17.6. The molecule has 0 aromatic heterocycles. The van der Waals surface area contributed by atoms with Gasteiger partial charge in [-0.3, -0.25) is 9.59 Å². The standard InChI is InChI=1S/C19H20ClN3O5S/c1-11-5-4-6-14(12(11)2)21-18(24)9-23(3)29(26,27)17-8-16-15(7-13(17)20)22-19(25)10-28-16/h4-8H,9-10H2,1-3H3,(H,21,24)(H,22,25). The average Bonchev–Trinajstić information content (AvgIpc) is 2.64. The number of rotatable bonds is 5. The Labute approximate surface area is 173 Å². The van der Waals surface area contributed by atoms with Gasteiger partial charge in [0.25, 0.3) is 5.91 Å². The summed E-state index contributed by atoms with van der Waals surface area (Å²) in [6.45, 7) is 3.17. The lowest BCUT2D eigenvalue weighted by Crippen LogP contribution is -2.35. The lowest BCUT2D eigenvalue weighted by Gasteiger charge is -2.22. The van der Waals surface area contributed by atoms with Gasteiger partial charge in [-0.15, -0.1) is 0 Å². The topological polar surface area (TPSA) is 105 Å². The molecular weight excluding hydrogens is 418 g/mol. The van der Waals surface area contributed by atoms with Gasteiger partial charge in [-0.2, -0.15) is 4.31 Å². The summed E-state index contributed by atoms with van der Waals surface area (Å²) in [6, 6.07) is 8.03. The second-order valence-corrected chi connectivity index (χ2v) is 9.09. The van der Waals surface area contributed by atoms with Crippen LogP contribution in [0.15, 0.2) is 35.2 Å². The van der Waals surface area contributed by atoms with Gasteiger partial charge in [-0.25, -0.2) is 8.42 Å². The van der Waals surface area contributed by atoms with E-state index in [1.54, 1.807) is 6.07 Å². The second-order valence-electron chi connectivity index (χ2n) is 6.67. The van der Waals surface area contributed by atoms with Gasteiger partial charge in [0.2, 0.25) is 15.9 Å². The molecule has 0 fully saturated rings. The highest BCUT2D eigenvalue weighted by Gasteiger charge is 2.29. The first-order valence-corrected chi connectivity index (χ1v) is 10.5. The van der Waals surface area contributed by atoms with Crippen molar-refractivity contribution in [2.24, 2.45) is 0 Å². The van der Waals surface area contributed by atoms with Crippen LogP contribution in [-0.2, 0) is 19.6 Å². The van der Waals surface area contributed by atoms with E-state index in [-0.39, 0.29) is 28.2 Å². The number of carbonyl (C=O) groups excluding carboxylic acids is 2. The fourth-order valence-electron chi connectivity index (χ4n) is 2.81. The number of halogens is 1. The molecule has 0 unspecified atom stereocenters.